The molecular formula is C19H28O2. The average molecular weight is 288 g/mol. The normalized spacial score (nSPS) is 49.1. The zero-order chi connectivity index (χ0) is 14.7. The van der Waals surface area contributed by atoms with Gasteiger partial charge in [-0.25, -0.2) is 0 Å². The second-order valence-corrected chi connectivity index (χ2v) is 8.45. The van der Waals surface area contributed by atoms with Crippen LogP contribution in [0.2, 0.25) is 0 Å². The first kappa shape index (κ1) is 14.0. The first-order valence-corrected chi connectivity index (χ1v) is 8.94. The molecule has 5 atom stereocenters. The summed E-state index contributed by atoms with van der Waals surface area (Å²) in [5.41, 5.74) is 1.83. The minimum Gasteiger partial charge on any atom is -0.395 e. The second kappa shape index (κ2) is 4.68. The van der Waals surface area contributed by atoms with Gasteiger partial charge in [0.2, 0.25) is 0 Å². The van der Waals surface area contributed by atoms with Crippen LogP contribution in [0.1, 0.15) is 64.7 Å². The van der Waals surface area contributed by atoms with Crippen LogP contribution in [0.15, 0.2) is 11.6 Å². The van der Waals surface area contributed by atoms with Crippen LogP contribution < -0.4 is 0 Å². The van der Waals surface area contributed by atoms with E-state index in [1.807, 2.05) is 6.08 Å². The lowest BCUT2D eigenvalue weighted by Crippen LogP contribution is -2.52. The van der Waals surface area contributed by atoms with Gasteiger partial charge in [-0.05, 0) is 74.2 Å². The van der Waals surface area contributed by atoms with Crippen LogP contribution in [0.5, 0.6) is 0 Å². The summed E-state index contributed by atoms with van der Waals surface area (Å²) in [5.74, 6) is 2.59. The van der Waals surface area contributed by atoms with Gasteiger partial charge in [0.05, 0.1) is 6.61 Å². The van der Waals surface area contributed by atoms with Gasteiger partial charge >= 0.3 is 0 Å². The molecule has 0 aromatic heterocycles. The first-order valence-electron chi connectivity index (χ1n) is 8.94. The molecule has 0 bridgehead atoms. The van der Waals surface area contributed by atoms with Gasteiger partial charge in [0.1, 0.15) is 0 Å². The van der Waals surface area contributed by atoms with Gasteiger partial charge in [-0.1, -0.05) is 18.9 Å². The lowest BCUT2D eigenvalue weighted by molar-refractivity contribution is -0.118. The number of hydrogen-bond donors (Lipinski definition) is 1. The van der Waals surface area contributed by atoms with Gasteiger partial charge in [0.25, 0.3) is 0 Å². The molecule has 0 aromatic rings. The summed E-state index contributed by atoms with van der Waals surface area (Å²) >= 11 is 0. The molecule has 0 saturated heterocycles. The monoisotopic (exact) mass is 288 g/mol. The van der Waals surface area contributed by atoms with Crippen molar-refractivity contribution >= 4 is 5.78 Å². The molecule has 2 heteroatoms. The highest BCUT2D eigenvalue weighted by Crippen LogP contribution is 2.65. The van der Waals surface area contributed by atoms with E-state index in [1.165, 1.54) is 44.1 Å². The molecule has 0 amide bonds. The van der Waals surface area contributed by atoms with Crippen molar-refractivity contribution in [2.24, 2.45) is 28.6 Å². The number of aliphatic hydroxyl groups excluding tert-OH is 1. The lowest BCUT2D eigenvalue weighted by atomic mass is 9.47. The third kappa shape index (κ3) is 1.84. The van der Waals surface area contributed by atoms with Crippen molar-refractivity contribution in [2.75, 3.05) is 6.61 Å². The molecule has 0 radical (unpaired) electrons. The smallest absolute Gasteiger partial charge is 0.155 e. The first-order chi connectivity index (χ1) is 10.1. The van der Waals surface area contributed by atoms with Gasteiger partial charge < -0.3 is 5.11 Å². The standard InChI is InChI=1S/C19H28O2/c1-18-8-2-3-16(18)15-5-4-13-11-14(21)6-10-19(13,12-20)17(15)7-9-18/h11,15-17,20H,2-10,12H2,1H3. The number of rotatable bonds is 1. The Morgan fingerprint density at radius 3 is 2.81 bits per heavy atom. The van der Waals surface area contributed by atoms with Crippen molar-refractivity contribution in [1.82, 2.24) is 0 Å². The molecule has 5 unspecified atom stereocenters. The molecule has 116 valence electrons. The summed E-state index contributed by atoms with van der Waals surface area (Å²) in [6, 6.07) is 0. The minimum atomic E-state index is -0.0409. The van der Waals surface area contributed by atoms with E-state index < -0.39 is 0 Å². The fourth-order valence-electron chi connectivity index (χ4n) is 6.65. The largest absolute Gasteiger partial charge is 0.395 e. The van der Waals surface area contributed by atoms with Gasteiger partial charge in [0, 0.05) is 11.8 Å². The van der Waals surface area contributed by atoms with E-state index in [0.29, 0.717) is 17.8 Å². The van der Waals surface area contributed by atoms with Gasteiger partial charge in [-0.15, -0.1) is 0 Å². The number of hydrogen-bond acceptors (Lipinski definition) is 2. The zero-order valence-corrected chi connectivity index (χ0v) is 13.2. The fraction of sp³-hybridized carbons (Fsp3) is 0.842. The fourth-order valence-corrected chi connectivity index (χ4v) is 6.65. The molecular weight excluding hydrogens is 260 g/mol. The quantitative estimate of drug-likeness (QED) is 0.795. The van der Waals surface area contributed by atoms with Crippen molar-refractivity contribution in [1.29, 1.82) is 0 Å². The Hall–Kier alpha value is -0.630. The molecule has 3 fully saturated rings. The average Bonchev–Trinajstić information content (AvgIpc) is 2.88. The molecule has 0 aliphatic heterocycles. The predicted molar refractivity (Wildman–Crippen MR) is 82.7 cm³/mol. The third-order valence-corrected chi connectivity index (χ3v) is 7.75. The highest BCUT2D eigenvalue weighted by molar-refractivity contribution is 5.91. The Bertz CT molecular complexity index is 494. The van der Waals surface area contributed by atoms with E-state index in [-0.39, 0.29) is 17.8 Å². The van der Waals surface area contributed by atoms with E-state index >= 15 is 0 Å². The minimum absolute atomic E-state index is 0.0409. The summed E-state index contributed by atoms with van der Waals surface area (Å²) in [4.78, 5) is 11.8. The number of carbonyl (C=O) groups is 1. The second-order valence-electron chi connectivity index (χ2n) is 8.45. The Morgan fingerprint density at radius 1 is 1.14 bits per heavy atom. The molecule has 4 rings (SSSR count). The van der Waals surface area contributed by atoms with Crippen LogP contribution >= 0.6 is 0 Å². The van der Waals surface area contributed by atoms with Crippen molar-refractivity contribution in [3.05, 3.63) is 11.6 Å². The molecule has 3 saturated carbocycles. The van der Waals surface area contributed by atoms with E-state index in [0.717, 1.165) is 24.7 Å². The molecule has 21 heavy (non-hydrogen) atoms. The topological polar surface area (TPSA) is 37.3 Å². The molecule has 2 nitrogen and oxygen atoms in total. The van der Waals surface area contributed by atoms with Gasteiger partial charge in [-0.2, -0.15) is 0 Å². The number of carbonyl (C=O) groups excluding carboxylic acids is 1. The highest BCUT2D eigenvalue weighted by atomic mass is 16.3. The van der Waals surface area contributed by atoms with Gasteiger partial charge in [-0.3, -0.25) is 4.79 Å². The van der Waals surface area contributed by atoms with Crippen LogP contribution in [0.25, 0.3) is 0 Å². The molecule has 1 N–H and O–H groups in total. The van der Waals surface area contributed by atoms with Gasteiger partial charge in [0.15, 0.2) is 5.78 Å². The maximum Gasteiger partial charge on any atom is 0.155 e. The summed E-state index contributed by atoms with van der Waals surface area (Å²) in [6.07, 6.45) is 12.6. The summed E-state index contributed by atoms with van der Waals surface area (Å²) < 4.78 is 0. The van der Waals surface area contributed by atoms with E-state index in [2.05, 4.69) is 6.92 Å². The Balaban J connectivity index is 1.72. The van der Waals surface area contributed by atoms with Crippen LogP contribution in [-0.4, -0.2) is 17.5 Å². The van der Waals surface area contributed by atoms with E-state index in [9.17, 15) is 9.90 Å². The SMILES string of the molecule is CC12CCCC1C1CCC3=CC(=O)CCC3(CO)C1CC2. The van der Waals surface area contributed by atoms with Crippen molar-refractivity contribution in [3.8, 4) is 0 Å². The predicted octanol–water partition coefficient (Wildman–Crippen LogP) is 3.88. The Labute approximate surface area is 128 Å². The molecule has 0 aromatic carbocycles. The van der Waals surface area contributed by atoms with Crippen molar-refractivity contribution in [2.45, 2.75) is 64.7 Å². The molecule has 0 spiro atoms. The number of ketones is 1. The lowest BCUT2D eigenvalue weighted by Gasteiger charge is -2.57. The molecule has 4 aliphatic rings. The number of aliphatic hydroxyl groups is 1. The Morgan fingerprint density at radius 2 is 2.00 bits per heavy atom. The van der Waals surface area contributed by atoms with Crippen LogP contribution in [0.3, 0.4) is 0 Å². The maximum atomic E-state index is 11.8. The number of fused-ring (bicyclic) bond motifs is 5. The van der Waals surface area contributed by atoms with Crippen LogP contribution in [0, 0.1) is 28.6 Å². The summed E-state index contributed by atoms with van der Waals surface area (Å²) in [6.45, 7) is 2.78. The highest BCUT2D eigenvalue weighted by Gasteiger charge is 2.57. The summed E-state index contributed by atoms with van der Waals surface area (Å²) in [5, 5.41) is 10.3. The summed E-state index contributed by atoms with van der Waals surface area (Å²) in [7, 11) is 0. The van der Waals surface area contributed by atoms with Crippen LogP contribution in [0.4, 0.5) is 0 Å². The Kier molecular flexibility index (Phi) is 3.12. The van der Waals surface area contributed by atoms with Crippen molar-refractivity contribution in [3.63, 3.8) is 0 Å². The molecule has 0 heterocycles. The van der Waals surface area contributed by atoms with E-state index in [1.54, 1.807) is 0 Å². The third-order valence-electron chi connectivity index (χ3n) is 7.75. The van der Waals surface area contributed by atoms with Crippen LogP contribution in [-0.2, 0) is 4.79 Å². The van der Waals surface area contributed by atoms with E-state index in [4.69, 9.17) is 0 Å². The van der Waals surface area contributed by atoms with Crippen molar-refractivity contribution < 1.29 is 9.90 Å². The molecule has 4 aliphatic carbocycles. The maximum absolute atomic E-state index is 11.8. The zero-order valence-electron chi connectivity index (χ0n) is 13.2.